The Morgan fingerprint density at radius 3 is 2.60 bits per heavy atom. The molecule has 132 valence electrons. The molecule has 6 heteroatoms. The first-order valence-electron chi connectivity index (χ1n) is 8.67. The maximum atomic E-state index is 12.5. The van der Waals surface area contributed by atoms with E-state index in [0.717, 1.165) is 42.4 Å². The number of hydrogen-bond acceptors (Lipinski definition) is 4. The van der Waals surface area contributed by atoms with Crippen molar-refractivity contribution in [3.8, 4) is 0 Å². The number of nitrogens with zero attached hydrogens (tertiary/aromatic N) is 4. The highest BCUT2D eigenvalue weighted by Crippen LogP contribution is 2.17. The van der Waals surface area contributed by atoms with Crippen LogP contribution in [0.25, 0.3) is 0 Å². The van der Waals surface area contributed by atoms with Gasteiger partial charge in [-0.25, -0.2) is 9.97 Å². The van der Waals surface area contributed by atoms with E-state index in [2.05, 4.69) is 27.9 Å². The lowest BCUT2D eigenvalue weighted by molar-refractivity contribution is -0.130. The lowest BCUT2D eigenvalue weighted by atomic mass is 10.1. The fourth-order valence-electron chi connectivity index (χ4n) is 3.07. The molecule has 2 aromatic rings. The number of aryl methyl sites for hydroxylation is 2. The Morgan fingerprint density at radius 1 is 1.16 bits per heavy atom. The molecule has 3 rings (SSSR count). The highest BCUT2D eigenvalue weighted by molar-refractivity contribution is 6.30. The van der Waals surface area contributed by atoms with Crippen molar-refractivity contribution in [2.75, 3.05) is 31.1 Å². The molecule has 0 aliphatic carbocycles. The minimum Gasteiger partial charge on any atom is -0.353 e. The van der Waals surface area contributed by atoms with Crippen LogP contribution >= 0.6 is 11.6 Å². The van der Waals surface area contributed by atoms with Crippen molar-refractivity contribution < 1.29 is 4.79 Å². The summed E-state index contributed by atoms with van der Waals surface area (Å²) in [6.07, 6.45) is 1.29. The van der Waals surface area contributed by atoms with E-state index in [9.17, 15) is 4.79 Å². The standard InChI is InChI=1S/C19H23ClN4O/c1-3-17-13-18(22-14(2)21-17)23-7-9-24(10-8-23)19(25)12-15-5-4-6-16(20)11-15/h4-6,11,13H,3,7-10,12H2,1-2H3. The van der Waals surface area contributed by atoms with Crippen LogP contribution in [0.3, 0.4) is 0 Å². The van der Waals surface area contributed by atoms with Crippen molar-refractivity contribution in [3.05, 3.63) is 52.4 Å². The van der Waals surface area contributed by atoms with Crippen molar-refractivity contribution in [3.63, 3.8) is 0 Å². The van der Waals surface area contributed by atoms with Gasteiger partial charge in [0.15, 0.2) is 0 Å². The SMILES string of the molecule is CCc1cc(N2CCN(C(=O)Cc3cccc(Cl)c3)CC2)nc(C)n1. The van der Waals surface area contributed by atoms with Gasteiger partial charge in [0.05, 0.1) is 6.42 Å². The molecule has 1 fully saturated rings. The quantitative estimate of drug-likeness (QED) is 0.843. The summed E-state index contributed by atoms with van der Waals surface area (Å²) >= 11 is 5.99. The van der Waals surface area contributed by atoms with E-state index < -0.39 is 0 Å². The van der Waals surface area contributed by atoms with Gasteiger partial charge in [-0.15, -0.1) is 0 Å². The lowest BCUT2D eigenvalue weighted by Crippen LogP contribution is -2.49. The van der Waals surface area contributed by atoms with Crippen LogP contribution in [0.5, 0.6) is 0 Å². The lowest BCUT2D eigenvalue weighted by Gasteiger charge is -2.35. The normalized spacial score (nSPS) is 14.7. The van der Waals surface area contributed by atoms with Gasteiger partial charge in [0, 0.05) is 43.0 Å². The number of carbonyl (C=O) groups is 1. The van der Waals surface area contributed by atoms with Crippen LogP contribution in [-0.2, 0) is 17.6 Å². The Kier molecular flexibility index (Phi) is 5.53. The van der Waals surface area contributed by atoms with Gasteiger partial charge in [-0.05, 0) is 31.0 Å². The molecule has 2 heterocycles. The van der Waals surface area contributed by atoms with E-state index >= 15 is 0 Å². The second kappa shape index (κ2) is 7.83. The predicted octanol–water partition coefficient (Wildman–Crippen LogP) is 2.89. The highest BCUT2D eigenvalue weighted by Gasteiger charge is 2.22. The third kappa shape index (κ3) is 4.48. The fourth-order valence-corrected chi connectivity index (χ4v) is 3.29. The minimum absolute atomic E-state index is 0.148. The molecule has 25 heavy (non-hydrogen) atoms. The van der Waals surface area contributed by atoms with E-state index in [-0.39, 0.29) is 5.91 Å². The summed E-state index contributed by atoms with van der Waals surface area (Å²) in [5, 5.41) is 0.668. The van der Waals surface area contributed by atoms with E-state index in [0.29, 0.717) is 24.5 Å². The molecule has 1 aliphatic rings. The average Bonchev–Trinajstić information content (AvgIpc) is 2.61. The van der Waals surface area contributed by atoms with Gasteiger partial charge < -0.3 is 9.80 Å². The molecule has 1 amide bonds. The van der Waals surface area contributed by atoms with E-state index in [4.69, 9.17) is 11.6 Å². The Morgan fingerprint density at radius 2 is 1.92 bits per heavy atom. The Hall–Kier alpha value is -2.14. The number of anilines is 1. The second-order valence-corrected chi connectivity index (χ2v) is 6.73. The molecule has 0 spiro atoms. The van der Waals surface area contributed by atoms with Crippen LogP contribution in [0.2, 0.25) is 5.02 Å². The third-order valence-electron chi connectivity index (χ3n) is 4.44. The molecule has 0 atom stereocenters. The largest absolute Gasteiger partial charge is 0.353 e. The summed E-state index contributed by atoms with van der Waals surface area (Å²) in [5.41, 5.74) is 2.01. The van der Waals surface area contributed by atoms with Crippen LogP contribution in [-0.4, -0.2) is 47.0 Å². The predicted molar refractivity (Wildman–Crippen MR) is 100 cm³/mol. The Labute approximate surface area is 153 Å². The van der Waals surface area contributed by atoms with Crippen LogP contribution in [0.15, 0.2) is 30.3 Å². The molecule has 5 nitrogen and oxygen atoms in total. The number of halogens is 1. The van der Waals surface area contributed by atoms with Crippen molar-refractivity contribution in [1.82, 2.24) is 14.9 Å². The number of aromatic nitrogens is 2. The van der Waals surface area contributed by atoms with Gasteiger partial charge in [-0.3, -0.25) is 4.79 Å². The van der Waals surface area contributed by atoms with Crippen molar-refractivity contribution in [1.29, 1.82) is 0 Å². The Balaban J connectivity index is 1.60. The van der Waals surface area contributed by atoms with E-state index in [1.54, 1.807) is 0 Å². The third-order valence-corrected chi connectivity index (χ3v) is 4.68. The van der Waals surface area contributed by atoms with Gasteiger partial charge in [0.1, 0.15) is 11.6 Å². The zero-order valence-corrected chi connectivity index (χ0v) is 15.5. The Bertz CT molecular complexity index is 757. The summed E-state index contributed by atoms with van der Waals surface area (Å²) in [4.78, 5) is 25.7. The molecule has 1 saturated heterocycles. The fraction of sp³-hybridized carbons (Fsp3) is 0.421. The molecule has 0 N–H and O–H groups in total. The zero-order valence-electron chi connectivity index (χ0n) is 14.7. The zero-order chi connectivity index (χ0) is 17.8. The first kappa shape index (κ1) is 17.7. The molecule has 1 aromatic heterocycles. The monoisotopic (exact) mass is 358 g/mol. The smallest absolute Gasteiger partial charge is 0.227 e. The van der Waals surface area contributed by atoms with Crippen molar-refractivity contribution in [2.24, 2.45) is 0 Å². The number of amides is 1. The van der Waals surface area contributed by atoms with E-state index in [1.807, 2.05) is 36.1 Å². The molecule has 0 radical (unpaired) electrons. The topological polar surface area (TPSA) is 49.3 Å². The van der Waals surface area contributed by atoms with Gasteiger partial charge >= 0.3 is 0 Å². The number of benzene rings is 1. The van der Waals surface area contributed by atoms with Gasteiger partial charge in [-0.1, -0.05) is 30.7 Å². The average molecular weight is 359 g/mol. The molecule has 1 aromatic carbocycles. The second-order valence-electron chi connectivity index (χ2n) is 6.29. The van der Waals surface area contributed by atoms with Crippen molar-refractivity contribution >= 4 is 23.3 Å². The summed E-state index contributed by atoms with van der Waals surface area (Å²) in [6, 6.07) is 9.55. The van der Waals surface area contributed by atoms with Crippen molar-refractivity contribution in [2.45, 2.75) is 26.7 Å². The minimum atomic E-state index is 0.148. The molecule has 1 aliphatic heterocycles. The first-order valence-corrected chi connectivity index (χ1v) is 9.04. The van der Waals surface area contributed by atoms with Gasteiger partial charge in [-0.2, -0.15) is 0 Å². The van der Waals surface area contributed by atoms with Crippen LogP contribution < -0.4 is 4.90 Å². The number of carbonyl (C=O) groups excluding carboxylic acids is 1. The molecule has 0 bridgehead atoms. The van der Waals surface area contributed by atoms with Crippen LogP contribution in [0.4, 0.5) is 5.82 Å². The highest BCUT2D eigenvalue weighted by atomic mass is 35.5. The summed E-state index contributed by atoms with van der Waals surface area (Å²) in [7, 11) is 0. The maximum absolute atomic E-state index is 12.5. The maximum Gasteiger partial charge on any atom is 0.227 e. The number of hydrogen-bond donors (Lipinski definition) is 0. The summed E-state index contributed by atoms with van der Waals surface area (Å²) in [5.74, 6) is 1.91. The van der Waals surface area contributed by atoms with Gasteiger partial charge in [0.2, 0.25) is 5.91 Å². The molecular weight excluding hydrogens is 336 g/mol. The summed E-state index contributed by atoms with van der Waals surface area (Å²) in [6.45, 7) is 7.03. The number of rotatable bonds is 4. The molecular formula is C19H23ClN4O. The van der Waals surface area contributed by atoms with Crippen LogP contribution in [0.1, 0.15) is 24.0 Å². The summed E-state index contributed by atoms with van der Waals surface area (Å²) < 4.78 is 0. The molecule has 0 unspecified atom stereocenters. The van der Waals surface area contributed by atoms with Gasteiger partial charge in [0.25, 0.3) is 0 Å². The van der Waals surface area contributed by atoms with E-state index in [1.165, 1.54) is 0 Å². The van der Waals surface area contributed by atoms with Crippen LogP contribution in [0, 0.1) is 6.92 Å². The molecule has 0 saturated carbocycles. The number of piperazine rings is 1. The first-order chi connectivity index (χ1) is 12.0.